The summed E-state index contributed by atoms with van der Waals surface area (Å²) in [5.74, 6) is 0.0230. The molecule has 39 heavy (non-hydrogen) atoms. The summed E-state index contributed by atoms with van der Waals surface area (Å²) in [6.45, 7) is 3.19. The third kappa shape index (κ3) is 5.53. The number of thiophene rings is 1. The number of benzene rings is 2. The largest absolute Gasteiger partial charge is 0.378 e. The highest BCUT2D eigenvalue weighted by Gasteiger charge is 2.25. The number of para-hydroxylation sites is 1. The fraction of sp³-hybridized carbons (Fsp3) is 0.323. The number of aromatic nitrogens is 1. The maximum absolute atomic E-state index is 13.4. The van der Waals surface area contributed by atoms with Gasteiger partial charge in [-0.05, 0) is 42.9 Å². The number of carbonyl (C=O) groups excluding carboxylic acids is 2. The van der Waals surface area contributed by atoms with E-state index in [1.54, 1.807) is 11.3 Å². The summed E-state index contributed by atoms with van der Waals surface area (Å²) in [5.41, 5.74) is 4.87. The molecule has 0 saturated carbocycles. The van der Waals surface area contributed by atoms with Crippen LogP contribution in [0.4, 0.5) is 5.00 Å². The highest BCUT2D eigenvalue weighted by molar-refractivity contribution is 7.16. The van der Waals surface area contributed by atoms with Gasteiger partial charge in [0, 0.05) is 53.4 Å². The lowest BCUT2D eigenvalue weighted by Gasteiger charge is -2.27. The zero-order chi connectivity index (χ0) is 26.6. The van der Waals surface area contributed by atoms with Crippen LogP contribution in [-0.4, -0.2) is 53.8 Å². The summed E-state index contributed by atoms with van der Waals surface area (Å²) in [7, 11) is 0. The van der Waals surface area contributed by atoms with Crippen LogP contribution in [0.15, 0.2) is 65.8 Å². The zero-order valence-electron chi connectivity index (χ0n) is 21.9. The van der Waals surface area contributed by atoms with E-state index in [1.807, 2.05) is 70.4 Å². The number of amides is 2. The third-order valence-electron chi connectivity index (χ3n) is 7.49. The molecule has 1 aliphatic carbocycles. The minimum absolute atomic E-state index is 0.0658. The molecule has 200 valence electrons. The van der Waals surface area contributed by atoms with E-state index in [2.05, 4.69) is 11.4 Å². The van der Waals surface area contributed by atoms with Crippen LogP contribution >= 0.6 is 11.3 Å². The van der Waals surface area contributed by atoms with Crippen LogP contribution in [0.1, 0.15) is 44.8 Å². The molecule has 1 saturated heterocycles. The van der Waals surface area contributed by atoms with E-state index < -0.39 is 0 Å². The molecule has 6 rings (SSSR count). The van der Waals surface area contributed by atoms with Crippen LogP contribution in [0.25, 0.3) is 10.9 Å². The van der Waals surface area contributed by atoms with Crippen LogP contribution in [0.5, 0.6) is 0 Å². The van der Waals surface area contributed by atoms with Gasteiger partial charge in [0.25, 0.3) is 5.91 Å². The zero-order valence-corrected chi connectivity index (χ0v) is 22.7. The van der Waals surface area contributed by atoms with Crippen molar-refractivity contribution in [1.29, 1.82) is 0 Å². The van der Waals surface area contributed by atoms with Crippen molar-refractivity contribution in [3.05, 3.63) is 87.9 Å². The molecule has 2 amide bonds. The molecule has 3 heterocycles. The molecule has 0 atom stereocenters. The Balaban J connectivity index is 1.28. The lowest BCUT2D eigenvalue weighted by atomic mass is 9.95. The molecule has 2 aromatic carbocycles. The first kappa shape index (κ1) is 25.5. The number of morpholine rings is 1. The molecule has 1 fully saturated rings. The number of nitrogens with one attached hydrogen (secondary N) is 1. The molecule has 2 aliphatic rings. The summed E-state index contributed by atoms with van der Waals surface area (Å²) in [6, 6.07) is 18.0. The van der Waals surface area contributed by atoms with Crippen LogP contribution in [0, 0.1) is 0 Å². The quantitative estimate of drug-likeness (QED) is 0.331. The van der Waals surface area contributed by atoms with Crippen molar-refractivity contribution in [2.75, 3.05) is 26.3 Å². The molecule has 1 aliphatic heterocycles. The topological polar surface area (TPSA) is 75.9 Å². The molecular formula is C31H32N4O3S. The van der Waals surface area contributed by atoms with Crippen LogP contribution < -0.4 is 5.32 Å². The van der Waals surface area contributed by atoms with Gasteiger partial charge in [-0.25, -0.2) is 4.99 Å². The van der Waals surface area contributed by atoms with Gasteiger partial charge in [0.05, 0.1) is 18.8 Å². The number of rotatable bonds is 7. The third-order valence-corrected chi connectivity index (χ3v) is 8.69. The number of fused-ring (bicyclic) bond motifs is 2. The van der Waals surface area contributed by atoms with Gasteiger partial charge in [0.1, 0.15) is 11.5 Å². The highest BCUT2D eigenvalue weighted by Crippen LogP contribution is 2.40. The van der Waals surface area contributed by atoms with Gasteiger partial charge in [-0.1, -0.05) is 48.5 Å². The maximum Gasteiger partial charge on any atom is 0.254 e. The minimum atomic E-state index is -0.0658. The summed E-state index contributed by atoms with van der Waals surface area (Å²) >= 11 is 1.63. The van der Waals surface area contributed by atoms with Gasteiger partial charge >= 0.3 is 0 Å². The second-order valence-electron chi connectivity index (χ2n) is 10.0. The van der Waals surface area contributed by atoms with Gasteiger partial charge in [-0.3, -0.25) is 9.59 Å². The van der Waals surface area contributed by atoms with E-state index in [0.717, 1.165) is 58.3 Å². The molecule has 8 heteroatoms. The van der Waals surface area contributed by atoms with Gasteiger partial charge in [-0.2, -0.15) is 0 Å². The molecular weight excluding hydrogens is 508 g/mol. The summed E-state index contributed by atoms with van der Waals surface area (Å²) < 4.78 is 7.40. The predicted molar refractivity (Wildman–Crippen MR) is 155 cm³/mol. The van der Waals surface area contributed by atoms with Crippen LogP contribution in [0.2, 0.25) is 0 Å². The Hall–Kier alpha value is -3.75. The smallest absolute Gasteiger partial charge is 0.254 e. The average molecular weight is 541 g/mol. The second kappa shape index (κ2) is 11.6. The van der Waals surface area contributed by atoms with E-state index in [1.165, 1.54) is 4.88 Å². The standard InChI is InChI=1S/C31H32N4O3S/c36-28(34-14-16-38-17-15-34)21-35-20-23(24-10-4-6-12-26(24)35)19-33-31-29(25-11-5-7-13-27(25)39-31)30(37)32-18-22-8-2-1-3-9-22/h1-4,6,8-10,12,19-20H,5,7,11,13-18,21H2,(H,32,37). The molecule has 2 aromatic heterocycles. The molecule has 0 unspecified atom stereocenters. The lowest BCUT2D eigenvalue weighted by molar-refractivity contribution is -0.135. The van der Waals surface area contributed by atoms with Crippen molar-refractivity contribution in [3.63, 3.8) is 0 Å². The van der Waals surface area contributed by atoms with E-state index in [0.29, 0.717) is 38.4 Å². The number of nitrogens with zero attached hydrogens (tertiary/aromatic N) is 3. The van der Waals surface area contributed by atoms with Crippen molar-refractivity contribution >= 4 is 45.3 Å². The van der Waals surface area contributed by atoms with Crippen molar-refractivity contribution < 1.29 is 14.3 Å². The first-order chi connectivity index (χ1) is 19.2. The number of aliphatic imine (C=N–C) groups is 1. The minimum Gasteiger partial charge on any atom is -0.378 e. The summed E-state index contributed by atoms with van der Waals surface area (Å²) in [4.78, 5) is 34.4. The first-order valence-electron chi connectivity index (χ1n) is 13.6. The maximum atomic E-state index is 13.4. The Morgan fingerprint density at radius 1 is 1.00 bits per heavy atom. The van der Waals surface area contributed by atoms with Crippen molar-refractivity contribution in [3.8, 4) is 0 Å². The first-order valence-corrected chi connectivity index (χ1v) is 14.4. The number of hydrogen-bond donors (Lipinski definition) is 1. The molecule has 0 radical (unpaired) electrons. The fourth-order valence-electron chi connectivity index (χ4n) is 5.44. The van der Waals surface area contributed by atoms with Crippen molar-refractivity contribution in [2.24, 2.45) is 4.99 Å². The normalized spacial score (nSPS) is 15.5. The molecule has 4 aromatic rings. The fourth-order valence-corrected chi connectivity index (χ4v) is 6.67. The van der Waals surface area contributed by atoms with E-state index >= 15 is 0 Å². The Kier molecular flexibility index (Phi) is 7.56. The number of hydrogen-bond acceptors (Lipinski definition) is 5. The van der Waals surface area contributed by atoms with E-state index in [9.17, 15) is 9.59 Å². The van der Waals surface area contributed by atoms with E-state index in [-0.39, 0.29) is 18.4 Å². The van der Waals surface area contributed by atoms with Gasteiger partial charge < -0.3 is 19.5 Å². The highest BCUT2D eigenvalue weighted by atomic mass is 32.1. The SMILES string of the molecule is O=C(NCc1ccccc1)c1c(N=Cc2cn(CC(=O)N3CCOCC3)c3ccccc23)sc2c1CCCC2. The Morgan fingerprint density at radius 2 is 1.77 bits per heavy atom. The number of ether oxygens (including phenoxy) is 1. The molecule has 7 nitrogen and oxygen atoms in total. The van der Waals surface area contributed by atoms with E-state index in [4.69, 9.17) is 9.73 Å². The Morgan fingerprint density at radius 3 is 2.62 bits per heavy atom. The molecule has 1 N–H and O–H groups in total. The van der Waals surface area contributed by atoms with Crippen LogP contribution in [-0.2, 0) is 35.5 Å². The van der Waals surface area contributed by atoms with Crippen molar-refractivity contribution in [2.45, 2.75) is 38.8 Å². The van der Waals surface area contributed by atoms with Gasteiger partial charge in [0.15, 0.2) is 0 Å². The average Bonchev–Trinajstić information content (AvgIpc) is 3.54. The molecule has 0 spiro atoms. The number of carbonyl (C=O) groups is 2. The second-order valence-corrected chi connectivity index (χ2v) is 11.1. The Bertz CT molecular complexity index is 1520. The molecule has 0 bridgehead atoms. The van der Waals surface area contributed by atoms with Crippen LogP contribution in [0.3, 0.4) is 0 Å². The van der Waals surface area contributed by atoms with Gasteiger partial charge in [-0.15, -0.1) is 11.3 Å². The summed E-state index contributed by atoms with van der Waals surface area (Å²) in [6.07, 6.45) is 8.00. The predicted octanol–water partition coefficient (Wildman–Crippen LogP) is 5.12. The van der Waals surface area contributed by atoms with Gasteiger partial charge in [0.2, 0.25) is 5.91 Å². The Labute approximate surface area is 232 Å². The number of aryl methyl sites for hydroxylation is 1. The monoisotopic (exact) mass is 540 g/mol. The summed E-state index contributed by atoms with van der Waals surface area (Å²) in [5, 5.41) is 4.91. The lowest BCUT2D eigenvalue weighted by Crippen LogP contribution is -2.42. The van der Waals surface area contributed by atoms with Crippen molar-refractivity contribution in [1.82, 2.24) is 14.8 Å².